The lowest BCUT2D eigenvalue weighted by Gasteiger charge is -2.13. The largest absolute Gasteiger partial charge is 0.455 e. The van der Waals surface area contributed by atoms with Crippen molar-refractivity contribution in [2.75, 3.05) is 5.32 Å². The van der Waals surface area contributed by atoms with Crippen molar-refractivity contribution in [1.82, 2.24) is 10.4 Å². The van der Waals surface area contributed by atoms with E-state index >= 15 is 0 Å². The molecule has 7 nitrogen and oxygen atoms in total. The zero-order valence-electron chi connectivity index (χ0n) is 18.1. The van der Waals surface area contributed by atoms with E-state index in [1.54, 1.807) is 12.3 Å². The molecule has 2 amide bonds. The van der Waals surface area contributed by atoms with Gasteiger partial charge in [0.15, 0.2) is 5.76 Å². The van der Waals surface area contributed by atoms with Crippen LogP contribution >= 0.6 is 15.9 Å². The van der Waals surface area contributed by atoms with Crippen molar-refractivity contribution < 1.29 is 14.0 Å². The SMILES string of the molecule is Cc1ccc(C)c(NC(=O)c2oc3c(c2C)/C(=N/NC(=O)c2cncc(Br)c2)CCC3)c1. The number of carbonyl (C=O) groups is 2. The van der Waals surface area contributed by atoms with Crippen molar-refractivity contribution in [3.8, 4) is 0 Å². The highest BCUT2D eigenvalue weighted by Gasteiger charge is 2.28. The molecule has 0 spiro atoms. The van der Waals surface area contributed by atoms with Crippen molar-refractivity contribution in [1.29, 1.82) is 0 Å². The first kappa shape index (κ1) is 22.0. The summed E-state index contributed by atoms with van der Waals surface area (Å²) in [7, 11) is 0. The van der Waals surface area contributed by atoms with E-state index in [9.17, 15) is 9.59 Å². The number of rotatable bonds is 4. The van der Waals surface area contributed by atoms with Crippen LogP contribution in [0.5, 0.6) is 0 Å². The number of anilines is 1. The number of hydrazone groups is 1. The Bertz CT molecular complexity index is 1250. The van der Waals surface area contributed by atoms with Crippen molar-refractivity contribution in [3.05, 3.63) is 80.5 Å². The fourth-order valence-electron chi connectivity index (χ4n) is 3.77. The molecule has 0 saturated heterocycles. The number of nitrogens with one attached hydrogen (secondary N) is 2. The van der Waals surface area contributed by atoms with E-state index in [-0.39, 0.29) is 17.6 Å². The minimum Gasteiger partial charge on any atom is -0.455 e. The summed E-state index contributed by atoms with van der Waals surface area (Å²) >= 11 is 3.31. The molecule has 2 N–H and O–H groups in total. The Hall–Kier alpha value is -3.26. The fourth-order valence-corrected chi connectivity index (χ4v) is 4.13. The van der Waals surface area contributed by atoms with E-state index in [0.29, 0.717) is 22.2 Å². The highest BCUT2D eigenvalue weighted by Crippen LogP contribution is 2.30. The first-order valence-corrected chi connectivity index (χ1v) is 11.1. The second-order valence-corrected chi connectivity index (χ2v) is 8.79. The molecule has 8 heteroatoms. The summed E-state index contributed by atoms with van der Waals surface area (Å²) in [4.78, 5) is 29.4. The normalized spacial score (nSPS) is 14.2. The molecule has 3 aromatic rings. The maximum atomic E-state index is 13.0. The zero-order chi connectivity index (χ0) is 22.8. The van der Waals surface area contributed by atoms with Crippen LogP contribution in [-0.2, 0) is 6.42 Å². The molecule has 2 heterocycles. The second kappa shape index (κ2) is 9.08. The molecular weight excluding hydrogens is 472 g/mol. The third kappa shape index (κ3) is 4.50. The number of pyridine rings is 1. The third-order valence-corrected chi connectivity index (χ3v) is 5.87. The number of hydrogen-bond acceptors (Lipinski definition) is 5. The molecule has 0 saturated carbocycles. The van der Waals surface area contributed by atoms with Gasteiger partial charge in [-0.15, -0.1) is 0 Å². The smallest absolute Gasteiger partial charge is 0.291 e. The van der Waals surface area contributed by atoms with E-state index < -0.39 is 0 Å². The van der Waals surface area contributed by atoms with Crippen LogP contribution in [0.4, 0.5) is 5.69 Å². The average Bonchev–Trinajstić information content (AvgIpc) is 3.12. The van der Waals surface area contributed by atoms with Crippen molar-refractivity contribution in [2.45, 2.75) is 40.0 Å². The molecule has 0 fully saturated rings. The second-order valence-electron chi connectivity index (χ2n) is 7.87. The van der Waals surface area contributed by atoms with Crippen LogP contribution in [0.2, 0.25) is 0 Å². The van der Waals surface area contributed by atoms with Gasteiger partial charge in [0, 0.05) is 40.1 Å². The van der Waals surface area contributed by atoms with E-state index in [0.717, 1.165) is 46.5 Å². The van der Waals surface area contributed by atoms with Crippen LogP contribution in [0, 0.1) is 20.8 Å². The van der Waals surface area contributed by atoms with Gasteiger partial charge in [0.05, 0.1) is 11.3 Å². The lowest BCUT2D eigenvalue weighted by molar-refractivity contribution is 0.0953. The minimum atomic E-state index is -0.354. The van der Waals surface area contributed by atoms with Gasteiger partial charge in [-0.2, -0.15) is 5.10 Å². The number of benzene rings is 1. The summed E-state index contributed by atoms with van der Waals surface area (Å²) in [5.74, 6) is 0.340. The monoisotopic (exact) mass is 494 g/mol. The lowest BCUT2D eigenvalue weighted by atomic mass is 9.93. The molecule has 0 unspecified atom stereocenters. The zero-order valence-corrected chi connectivity index (χ0v) is 19.7. The van der Waals surface area contributed by atoms with Crippen molar-refractivity contribution in [2.24, 2.45) is 5.10 Å². The van der Waals surface area contributed by atoms with Crippen LogP contribution in [0.25, 0.3) is 0 Å². The number of aromatic nitrogens is 1. The van der Waals surface area contributed by atoms with Gasteiger partial charge in [-0.25, -0.2) is 5.43 Å². The molecule has 1 aromatic carbocycles. The van der Waals surface area contributed by atoms with Gasteiger partial charge < -0.3 is 9.73 Å². The highest BCUT2D eigenvalue weighted by atomic mass is 79.9. The number of carbonyl (C=O) groups excluding carboxylic acids is 2. The molecule has 0 aliphatic heterocycles. The molecule has 164 valence electrons. The third-order valence-electron chi connectivity index (χ3n) is 5.43. The van der Waals surface area contributed by atoms with Gasteiger partial charge in [0.1, 0.15) is 5.76 Å². The van der Waals surface area contributed by atoms with Crippen LogP contribution in [0.15, 0.2) is 50.7 Å². The molecule has 2 aromatic heterocycles. The van der Waals surface area contributed by atoms with Crippen molar-refractivity contribution in [3.63, 3.8) is 0 Å². The van der Waals surface area contributed by atoms with Crippen LogP contribution in [0.3, 0.4) is 0 Å². The number of amides is 2. The first-order valence-electron chi connectivity index (χ1n) is 10.3. The number of hydrogen-bond donors (Lipinski definition) is 2. The molecular formula is C24H23BrN4O3. The lowest BCUT2D eigenvalue weighted by Crippen LogP contribution is -2.22. The Morgan fingerprint density at radius 1 is 1.09 bits per heavy atom. The van der Waals surface area contributed by atoms with E-state index in [2.05, 4.69) is 36.8 Å². The topological polar surface area (TPSA) is 96.6 Å². The quantitative estimate of drug-likeness (QED) is 0.493. The number of furan rings is 1. The van der Waals surface area contributed by atoms with Crippen LogP contribution in [0.1, 0.15) is 61.8 Å². The van der Waals surface area contributed by atoms with Crippen LogP contribution < -0.4 is 10.7 Å². The molecule has 1 aliphatic rings. The van der Waals surface area contributed by atoms with Gasteiger partial charge >= 0.3 is 0 Å². The van der Waals surface area contributed by atoms with E-state index in [1.807, 2.05) is 39.0 Å². The number of fused-ring (bicyclic) bond motifs is 1. The van der Waals surface area contributed by atoms with Gasteiger partial charge in [-0.05, 0) is 72.8 Å². The maximum Gasteiger partial charge on any atom is 0.291 e. The van der Waals surface area contributed by atoms with Gasteiger partial charge in [-0.1, -0.05) is 12.1 Å². The molecule has 0 atom stereocenters. The molecule has 4 rings (SSSR count). The summed E-state index contributed by atoms with van der Waals surface area (Å²) in [6, 6.07) is 7.58. The van der Waals surface area contributed by atoms with Gasteiger partial charge in [0.25, 0.3) is 11.8 Å². The van der Waals surface area contributed by atoms with E-state index in [1.165, 1.54) is 6.20 Å². The summed E-state index contributed by atoms with van der Waals surface area (Å²) in [5.41, 5.74) is 8.02. The van der Waals surface area contributed by atoms with Crippen molar-refractivity contribution >= 4 is 39.1 Å². The predicted octanol–water partition coefficient (Wildman–Crippen LogP) is 5.09. The molecule has 32 heavy (non-hydrogen) atoms. The van der Waals surface area contributed by atoms with Crippen LogP contribution in [-0.4, -0.2) is 22.5 Å². The number of halogens is 1. The van der Waals surface area contributed by atoms with Gasteiger partial charge in [0.2, 0.25) is 0 Å². The number of aryl methyl sites for hydroxylation is 3. The average molecular weight is 495 g/mol. The Kier molecular flexibility index (Phi) is 6.23. The maximum absolute atomic E-state index is 13.0. The van der Waals surface area contributed by atoms with Gasteiger partial charge in [-0.3, -0.25) is 14.6 Å². The Morgan fingerprint density at radius 2 is 1.91 bits per heavy atom. The molecule has 0 radical (unpaired) electrons. The molecule has 0 bridgehead atoms. The highest BCUT2D eigenvalue weighted by molar-refractivity contribution is 9.10. The summed E-state index contributed by atoms with van der Waals surface area (Å²) in [6.45, 7) is 5.78. The summed E-state index contributed by atoms with van der Waals surface area (Å²) < 4.78 is 6.67. The Morgan fingerprint density at radius 3 is 2.69 bits per heavy atom. The minimum absolute atomic E-state index is 0.271. The Labute approximate surface area is 194 Å². The molecule has 1 aliphatic carbocycles. The standard InChI is InChI=1S/C24H23BrN4O3/c1-13-7-8-14(2)19(9-13)27-24(31)22-15(3)21-18(5-4-6-20(21)32-22)28-29-23(30)16-10-17(25)12-26-11-16/h7-12H,4-6H2,1-3H3,(H,27,31)(H,29,30)/b28-18+. The first-order chi connectivity index (χ1) is 15.3. The summed E-state index contributed by atoms with van der Waals surface area (Å²) in [5, 5.41) is 7.31. The Balaban J connectivity index is 1.58. The summed E-state index contributed by atoms with van der Waals surface area (Å²) in [6.07, 6.45) is 5.31. The fraction of sp³-hybridized carbons (Fsp3) is 0.250. The van der Waals surface area contributed by atoms with E-state index in [4.69, 9.17) is 4.42 Å². The predicted molar refractivity (Wildman–Crippen MR) is 126 cm³/mol. The number of nitrogens with zero attached hydrogens (tertiary/aromatic N) is 2.